The Morgan fingerprint density at radius 2 is 2.37 bits per heavy atom. The molecular formula is C14H19N3O2. The molecule has 0 aliphatic carbocycles. The van der Waals surface area contributed by atoms with E-state index in [-0.39, 0.29) is 18.8 Å². The van der Waals surface area contributed by atoms with Crippen LogP contribution in [0.25, 0.3) is 0 Å². The van der Waals surface area contributed by atoms with Gasteiger partial charge in [-0.1, -0.05) is 6.07 Å². The third-order valence-corrected chi connectivity index (χ3v) is 3.44. The van der Waals surface area contributed by atoms with Gasteiger partial charge in [0.1, 0.15) is 6.07 Å². The summed E-state index contributed by atoms with van der Waals surface area (Å²) in [6.07, 6.45) is -0.197. The number of rotatable bonds is 3. The van der Waals surface area contributed by atoms with Crippen LogP contribution in [0.1, 0.15) is 18.1 Å². The standard InChI is InChI=1S/C14H19N3O2/c1-10-9-19-13(8-18)7-17(10)14-3-2-11(5-15)4-12(14)6-16/h2-4,10,13,18H,5,7-9,15H2,1H3. The van der Waals surface area contributed by atoms with E-state index < -0.39 is 0 Å². The maximum atomic E-state index is 9.28. The average Bonchev–Trinajstić information content (AvgIpc) is 2.47. The summed E-state index contributed by atoms with van der Waals surface area (Å²) in [7, 11) is 0. The maximum absolute atomic E-state index is 9.28. The van der Waals surface area contributed by atoms with Crippen LogP contribution in [0.3, 0.4) is 0 Å². The minimum Gasteiger partial charge on any atom is -0.394 e. The van der Waals surface area contributed by atoms with Gasteiger partial charge in [-0.05, 0) is 24.6 Å². The number of hydrogen-bond donors (Lipinski definition) is 2. The number of hydrogen-bond acceptors (Lipinski definition) is 5. The van der Waals surface area contributed by atoms with E-state index in [9.17, 15) is 10.4 Å². The number of aliphatic hydroxyl groups is 1. The number of aliphatic hydroxyl groups excluding tert-OH is 1. The normalized spacial score (nSPS) is 23.2. The van der Waals surface area contributed by atoms with Crippen LogP contribution < -0.4 is 10.6 Å². The Hall–Kier alpha value is -1.61. The van der Waals surface area contributed by atoms with Gasteiger partial charge in [-0.25, -0.2) is 0 Å². The van der Waals surface area contributed by atoms with E-state index >= 15 is 0 Å². The fourth-order valence-corrected chi connectivity index (χ4v) is 2.31. The van der Waals surface area contributed by atoms with Crippen LogP contribution in [0.2, 0.25) is 0 Å². The lowest BCUT2D eigenvalue weighted by molar-refractivity contribution is -0.0103. The predicted molar refractivity (Wildman–Crippen MR) is 72.7 cm³/mol. The summed E-state index contributed by atoms with van der Waals surface area (Å²) in [5, 5.41) is 18.5. The fraction of sp³-hybridized carbons (Fsp3) is 0.500. The van der Waals surface area contributed by atoms with Crippen molar-refractivity contribution in [2.45, 2.75) is 25.6 Å². The first-order chi connectivity index (χ1) is 9.19. The summed E-state index contributed by atoms with van der Waals surface area (Å²) in [6, 6.07) is 8.09. The van der Waals surface area contributed by atoms with Gasteiger partial charge in [0.05, 0.1) is 30.6 Å². The molecule has 1 aromatic carbocycles. The second-order valence-corrected chi connectivity index (χ2v) is 4.81. The zero-order valence-electron chi connectivity index (χ0n) is 11.0. The van der Waals surface area contributed by atoms with Crippen molar-refractivity contribution in [1.29, 1.82) is 5.26 Å². The first kappa shape index (κ1) is 13.8. The summed E-state index contributed by atoms with van der Waals surface area (Å²) in [6.45, 7) is 3.60. The number of nitrogens with zero attached hydrogens (tertiary/aromatic N) is 2. The molecular weight excluding hydrogens is 242 g/mol. The van der Waals surface area contributed by atoms with Gasteiger partial charge >= 0.3 is 0 Å². The molecule has 1 heterocycles. The van der Waals surface area contributed by atoms with Crippen molar-refractivity contribution in [2.75, 3.05) is 24.7 Å². The molecule has 5 heteroatoms. The Balaban J connectivity index is 2.31. The van der Waals surface area contributed by atoms with Gasteiger partial charge < -0.3 is 20.5 Å². The molecule has 0 saturated carbocycles. The first-order valence-corrected chi connectivity index (χ1v) is 6.41. The predicted octanol–water partition coefficient (Wildman–Crippen LogP) is 0.603. The summed E-state index contributed by atoms with van der Waals surface area (Å²) < 4.78 is 5.51. The third kappa shape index (κ3) is 2.87. The topological polar surface area (TPSA) is 82.5 Å². The van der Waals surface area contributed by atoms with Crippen LogP contribution in [-0.4, -0.2) is 37.0 Å². The van der Waals surface area contributed by atoms with Crippen molar-refractivity contribution in [2.24, 2.45) is 5.73 Å². The van der Waals surface area contributed by atoms with Crippen molar-refractivity contribution < 1.29 is 9.84 Å². The minimum atomic E-state index is -0.197. The van der Waals surface area contributed by atoms with E-state index in [1.807, 2.05) is 25.1 Å². The molecule has 3 N–H and O–H groups in total. The van der Waals surface area contributed by atoms with Crippen LogP contribution in [-0.2, 0) is 11.3 Å². The van der Waals surface area contributed by atoms with Gasteiger partial charge in [-0.15, -0.1) is 0 Å². The van der Waals surface area contributed by atoms with Crippen LogP contribution in [0.4, 0.5) is 5.69 Å². The highest BCUT2D eigenvalue weighted by molar-refractivity contribution is 5.61. The molecule has 1 aromatic rings. The summed E-state index contributed by atoms with van der Waals surface area (Å²) in [5.41, 5.74) is 8.04. The van der Waals surface area contributed by atoms with Gasteiger partial charge in [-0.2, -0.15) is 5.26 Å². The average molecular weight is 261 g/mol. The van der Waals surface area contributed by atoms with Gasteiger partial charge in [0, 0.05) is 19.1 Å². The lowest BCUT2D eigenvalue weighted by atomic mass is 10.1. The third-order valence-electron chi connectivity index (χ3n) is 3.44. The number of ether oxygens (including phenoxy) is 1. The SMILES string of the molecule is CC1COC(CO)CN1c1ccc(CN)cc1C#N. The van der Waals surface area contributed by atoms with Crippen LogP contribution in [0.15, 0.2) is 18.2 Å². The molecule has 1 aliphatic heterocycles. The molecule has 5 nitrogen and oxygen atoms in total. The molecule has 1 saturated heterocycles. The Morgan fingerprint density at radius 1 is 1.58 bits per heavy atom. The Morgan fingerprint density at radius 3 is 3.00 bits per heavy atom. The van der Waals surface area contributed by atoms with Crippen molar-refractivity contribution in [3.63, 3.8) is 0 Å². The quantitative estimate of drug-likeness (QED) is 0.832. The molecule has 2 atom stereocenters. The number of nitrogens with two attached hydrogens (primary N) is 1. The highest BCUT2D eigenvalue weighted by Crippen LogP contribution is 2.26. The van der Waals surface area contributed by atoms with Crippen molar-refractivity contribution >= 4 is 5.69 Å². The molecule has 2 rings (SSSR count). The van der Waals surface area contributed by atoms with Crippen molar-refractivity contribution in [1.82, 2.24) is 0 Å². The number of nitriles is 1. The van der Waals surface area contributed by atoms with Crippen LogP contribution >= 0.6 is 0 Å². The maximum Gasteiger partial charge on any atom is 0.101 e. The van der Waals surface area contributed by atoms with E-state index in [0.29, 0.717) is 25.3 Å². The van der Waals surface area contributed by atoms with E-state index in [1.165, 1.54) is 0 Å². The second-order valence-electron chi connectivity index (χ2n) is 4.81. The molecule has 0 bridgehead atoms. The highest BCUT2D eigenvalue weighted by Gasteiger charge is 2.27. The molecule has 0 amide bonds. The number of morpholine rings is 1. The van der Waals surface area contributed by atoms with Crippen molar-refractivity contribution in [3.05, 3.63) is 29.3 Å². The Kier molecular flexibility index (Phi) is 4.38. The van der Waals surface area contributed by atoms with E-state index in [1.54, 1.807) is 0 Å². The summed E-state index contributed by atoms with van der Waals surface area (Å²) in [4.78, 5) is 2.11. The van der Waals surface area contributed by atoms with E-state index in [0.717, 1.165) is 11.3 Å². The molecule has 19 heavy (non-hydrogen) atoms. The smallest absolute Gasteiger partial charge is 0.101 e. The molecule has 0 spiro atoms. The monoisotopic (exact) mass is 261 g/mol. The molecule has 102 valence electrons. The number of benzene rings is 1. The first-order valence-electron chi connectivity index (χ1n) is 6.41. The fourth-order valence-electron chi connectivity index (χ4n) is 2.31. The number of anilines is 1. The molecule has 2 unspecified atom stereocenters. The molecule has 1 aliphatic rings. The van der Waals surface area contributed by atoms with Crippen LogP contribution in [0.5, 0.6) is 0 Å². The lowest BCUT2D eigenvalue weighted by Crippen LogP contribution is -2.49. The Bertz CT molecular complexity index is 484. The van der Waals surface area contributed by atoms with Crippen LogP contribution in [0, 0.1) is 11.3 Å². The van der Waals surface area contributed by atoms with Gasteiger partial charge in [-0.3, -0.25) is 0 Å². The highest BCUT2D eigenvalue weighted by atomic mass is 16.5. The van der Waals surface area contributed by atoms with Crippen molar-refractivity contribution in [3.8, 4) is 6.07 Å². The molecule has 1 fully saturated rings. The summed E-state index contributed by atoms with van der Waals surface area (Å²) >= 11 is 0. The second kappa shape index (κ2) is 6.02. The zero-order valence-corrected chi connectivity index (χ0v) is 11.0. The van der Waals surface area contributed by atoms with Gasteiger partial charge in [0.15, 0.2) is 0 Å². The van der Waals surface area contributed by atoms with Gasteiger partial charge in [0.25, 0.3) is 0 Å². The van der Waals surface area contributed by atoms with Gasteiger partial charge in [0.2, 0.25) is 0 Å². The summed E-state index contributed by atoms with van der Waals surface area (Å²) in [5.74, 6) is 0. The van der Waals surface area contributed by atoms with E-state index in [4.69, 9.17) is 10.5 Å². The largest absolute Gasteiger partial charge is 0.394 e. The lowest BCUT2D eigenvalue weighted by Gasteiger charge is -2.39. The minimum absolute atomic E-state index is 0.00795. The Labute approximate surface area is 113 Å². The molecule has 0 radical (unpaired) electrons. The molecule has 0 aromatic heterocycles. The zero-order chi connectivity index (χ0) is 13.8. The van der Waals surface area contributed by atoms with E-state index in [2.05, 4.69) is 11.0 Å².